The van der Waals surface area contributed by atoms with E-state index in [1.807, 2.05) is 13.0 Å². The van der Waals surface area contributed by atoms with Crippen molar-refractivity contribution in [3.05, 3.63) is 29.6 Å². The zero-order valence-corrected chi connectivity index (χ0v) is 16.4. The fourth-order valence-electron chi connectivity index (χ4n) is 3.09. The normalized spacial score (nSPS) is 18.7. The number of hydrogen-bond acceptors (Lipinski definition) is 4. The van der Waals surface area contributed by atoms with Crippen molar-refractivity contribution in [2.24, 2.45) is 4.99 Å². The van der Waals surface area contributed by atoms with Crippen molar-refractivity contribution in [2.45, 2.75) is 25.8 Å². The molecule has 0 aromatic heterocycles. The summed E-state index contributed by atoms with van der Waals surface area (Å²) in [6.07, 6.45) is 3.17. The van der Waals surface area contributed by atoms with Gasteiger partial charge in [0.1, 0.15) is 5.82 Å². The highest BCUT2D eigenvalue weighted by molar-refractivity contribution is 7.88. The molecule has 1 atom stereocenters. The minimum absolute atomic E-state index is 0.210. The summed E-state index contributed by atoms with van der Waals surface area (Å²) >= 11 is 0. The summed E-state index contributed by atoms with van der Waals surface area (Å²) in [5, 5.41) is 6.49. The zero-order valence-electron chi connectivity index (χ0n) is 15.5. The van der Waals surface area contributed by atoms with Crippen LogP contribution >= 0.6 is 0 Å². The van der Waals surface area contributed by atoms with E-state index >= 15 is 0 Å². The van der Waals surface area contributed by atoms with E-state index in [-0.39, 0.29) is 11.9 Å². The Morgan fingerprint density at radius 3 is 2.81 bits per heavy atom. The maximum absolute atomic E-state index is 13.3. The molecule has 7 nitrogen and oxygen atoms in total. The van der Waals surface area contributed by atoms with Crippen molar-refractivity contribution >= 4 is 21.7 Å². The fraction of sp³-hybridized carbons (Fsp3) is 0.588. The number of piperidine rings is 1. The lowest BCUT2D eigenvalue weighted by atomic mass is 10.0. The molecule has 1 aromatic rings. The van der Waals surface area contributed by atoms with E-state index in [9.17, 15) is 12.8 Å². The molecule has 3 N–H and O–H groups in total. The van der Waals surface area contributed by atoms with Crippen molar-refractivity contribution in [1.29, 1.82) is 0 Å². The Morgan fingerprint density at radius 1 is 1.38 bits per heavy atom. The molecule has 0 aliphatic carbocycles. The number of rotatable bonds is 6. The summed E-state index contributed by atoms with van der Waals surface area (Å²) in [6.45, 7) is 4.40. The molecule has 26 heavy (non-hydrogen) atoms. The molecule has 146 valence electrons. The minimum Gasteiger partial charge on any atom is -0.369 e. The summed E-state index contributed by atoms with van der Waals surface area (Å²) in [7, 11) is -1.50. The molecular formula is C17H28FN5O2S. The maximum Gasteiger partial charge on any atom is 0.208 e. The van der Waals surface area contributed by atoms with Gasteiger partial charge in [0.15, 0.2) is 5.96 Å². The van der Waals surface area contributed by atoms with E-state index < -0.39 is 10.0 Å². The smallest absolute Gasteiger partial charge is 0.208 e. The molecule has 0 radical (unpaired) electrons. The summed E-state index contributed by atoms with van der Waals surface area (Å²) in [5.41, 5.74) is 1.98. The van der Waals surface area contributed by atoms with Crippen LogP contribution in [-0.4, -0.2) is 59.9 Å². The lowest BCUT2D eigenvalue weighted by Crippen LogP contribution is -2.52. The Labute approximate surface area is 155 Å². The van der Waals surface area contributed by atoms with Crippen molar-refractivity contribution in [3.63, 3.8) is 0 Å². The molecule has 1 heterocycles. The van der Waals surface area contributed by atoms with Gasteiger partial charge in [-0.3, -0.25) is 4.99 Å². The lowest BCUT2D eigenvalue weighted by molar-refractivity contribution is 0.467. The van der Waals surface area contributed by atoms with Gasteiger partial charge in [0.25, 0.3) is 0 Å². The van der Waals surface area contributed by atoms with Gasteiger partial charge >= 0.3 is 0 Å². The van der Waals surface area contributed by atoms with Gasteiger partial charge in [-0.1, -0.05) is 0 Å². The van der Waals surface area contributed by atoms with Crippen LogP contribution in [0.2, 0.25) is 0 Å². The Morgan fingerprint density at radius 2 is 2.15 bits per heavy atom. The van der Waals surface area contributed by atoms with Crippen molar-refractivity contribution in [1.82, 2.24) is 15.4 Å². The Balaban J connectivity index is 1.88. The van der Waals surface area contributed by atoms with Crippen molar-refractivity contribution in [3.8, 4) is 0 Å². The predicted octanol–water partition coefficient (Wildman–Crippen LogP) is 0.817. The van der Waals surface area contributed by atoms with Crippen LogP contribution in [-0.2, 0) is 10.0 Å². The molecule has 0 bridgehead atoms. The minimum atomic E-state index is -3.18. The number of halogens is 1. The first-order valence-corrected chi connectivity index (χ1v) is 10.6. The van der Waals surface area contributed by atoms with E-state index in [4.69, 9.17) is 0 Å². The van der Waals surface area contributed by atoms with Crippen molar-refractivity contribution < 1.29 is 12.8 Å². The predicted molar refractivity (Wildman–Crippen MR) is 104 cm³/mol. The van der Waals surface area contributed by atoms with Crippen LogP contribution in [0.1, 0.15) is 18.4 Å². The van der Waals surface area contributed by atoms with Gasteiger partial charge in [-0.05, 0) is 43.5 Å². The first-order chi connectivity index (χ1) is 12.3. The molecule has 1 aromatic carbocycles. The number of aryl methyl sites for hydroxylation is 1. The zero-order chi connectivity index (χ0) is 19.2. The van der Waals surface area contributed by atoms with Gasteiger partial charge in [0, 0.05) is 45.0 Å². The van der Waals surface area contributed by atoms with E-state index in [2.05, 4.69) is 25.2 Å². The number of aliphatic imine (C=N–C) groups is 1. The molecule has 1 unspecified atom stereocenters. The van der Waals surface area contributed by atoms with E-state index in [0.29, 0.717) is 19.0 Å². The average Bonchev–Trinajstić information content (AvgIpc) is 2.57. The molecule has 1 aliphatic heterocycles. The number of sulfonamides is 1. The standard InChI is InChI=1S/C17H28FN5O2S/c1-13-11-14(18)6-7-16(13)23-10-4-5-15(12-23)22-17(19-2)20-8-9-21-26(3,24)25/h6-7,11,15,21H,4-5,8-10,12H2,1-3H3,(H2,19,20,22). The largest absolute Gasteiger partial charge is 0.369 e. The monoisotopic (exact) mass is 385 g/mol. The highest BCUT2D eigenvalue weighted by Crippen LogP contribution is 2.24. The number of anilines is 1. The second kappa shape index (κ2) is 9.18. The number of hydrogen-bond donors (Lipinski definition) is 3. The molecule has 1 fully saturated rings. The number of nitrogens with one attached hydrogen (secondary N) is 3. The van der Waals surface area contributed by atoms with Crippen LogP contribution < -0.4 is 20.3 Å². The first-order valence-electron chi connectivity index (χ1n) is 8.71. The number of benzene rings is 1. The highest BCUT2D eigenvalue weighted by Gasteiger charge is 2.22. The fourth-order valence-corrected chi connectivity index (χ4v) is 3.57. The quantitative estimate of drug-likeness (QED) is 0.383. The molecule has 0 saturated carbocycles. The third kappa shape index (κ3) is 6.45. The Bertz CT molecular complexity index is 739. The van der Waals surface area contributed by atoms with E-state index in [1.165, 1.54) is 6.07 Å². The number of guanidine groups is 1. The summed E-state index contributed by atoms with van der Waals surface area (Å²) in [5.74, 6) is 0.424. The first kappa shape index (κ1) is 20.4. The molecular weight excluding hydrogens is 357 g/mol. The number of nitrogens with zero attached hydrogens (tertiary/aromatic N) is 2. The average molecular weight is 386 g/mol. The molecule has 2 rings (SSSR count). The lowest BCUT2D eigenvalue weighted by Gasteiger charge is -2.36. The Hall–Kier alpha value is -1.87. The van der Waals surface area contributed by atoms with Gasteiger partial charge in [-0.2, -0.15) is 0 Å². The van der Waals surface area contributed by atoms with Gasteiger partial charge in [0.2, 0.25) is 10.0 Å². The second-order valence-corrected chi connectivity index (χ2v) is 8.36. The van der Waals surface area contributed by atoms with Gasteiger partial charge < -0.3 is 15.5 Å². The van der Waals surface area contributed by atoms with E-state index in [1.54, 1.807) is 13.1 Å². The third-order valence-corrected chi connectivity index (χ3v) is 5.00. The molecule has 0 spiro atoms. The summed E-state index contributed by atoms with van der Waals surface area (Å²) in [4.78, 5) is 6.45. The van der Waals surface area contributed by atoms with Crippen LogP contribution in [0.4, 0.5) is 10.1 Å². The van der Waals surface area contributed by atoms with Gasteiger partial charge in [-0.15, -0.1) is 0 Å². The van der Waals surface area contributed by atoms with Gasteiger partial charge in [-0.25, -0.2) is 17.5 Å². The maximum atomic E-state index is 13.3. The molecule has 1 aliphatic rings. The highest BCUT2D eigenvalue weighted by atomic mass is 32.2. The van der Waals surface area contributed by atoms with Crippen molar-refractivity contribution in [2.75, 3.05) is 44.4 Å². The summed E-state index contributed by atoms with van der Waals surface area (Å²) in [6, 6.07) is 5.09. The van der Waals surface area contributed by atoms with Crippen LogP contribution in [0.25, 0.3) is 0 Å². The molecule has 9 heteroatoms. The Kier molecular flexibility index (Phi) is 7.22. The topological polar surface area (TPSA) is 85.8 Å². The molecule has 0 amide bonds. The third-order valence-electron chi connectivity index (χ3n) is 4.27. The van der Waals surface area contributed by atoms with Crippen LogP contribution in [0.5, 0.6) is 0 Å². The van der Waals surface area contributed by atoms with E-state index in [0.717, 1.165) is 43.4 Å². The van der Waals surface area contributed by atoms with Gasteiger partial charge in [0.05, 0.1) is 6.26 Å². The second-order valence-electron chi connectivity index (χ2n) is 6.53. The summed E-state index contributed by atoms with van der Waals surface area (Å²) < 4.78 is 37.9. The van der Waals surface area contributed by atoms with Crippen LogP contribution in [0.15, 0.2) is 23.2 Å². The van der Waals surface area contributed by atoms with Crippen LogP contribution in [0, 0.1) is 12.7 Å². The van der Waals surface area contributed by atoms with Crippen LogP contribution in [0.3, 0.4) is 0 Å². The molecule has 1 saturated heterocycles. The SMILES string of the molecule is CN=C(NCCNS(C)(=O)=O)NC1CCCN(c2ccc(F)cc2C)C1.